The van der Waals surface area contributed by atoms with Gasteiger partial charge in [0.15, 0.2) is 11.6 Å². The summed E-state index contributed by atoms with van der Waals surface area (Å²) >= 11 is 0. The number of esters is 1. The zero-order chi connectivity index (χ0) is 32.7. The first-order valence-corrected chi connectivity index (χ1v) is 15.1. The first-order valence-electron chi connectivity index (χ1n) is 15.1. The van der Waals surface area contributed by atoms with Crippen molar-refractivity contribution in [3.05, 3.63) is 113 Å². The lowest BCUT2D eigenvalue weighted by atomic mass is 9.68. The van der Waals surface area contributed by atoms with Gasteiger partial charge in [0.25, 0.3) is 0 Å². The predicted octanol–water partition coefficient (Wildman–Crippen LogP) is 4.35. The molecule has 242 valence electrons. The summed E-state index contributed by atoms with van der Waals surface area (Å²) in [6, 6.07) is 15.6. The molecule has 2 aliphatic rings. The number of hydrazine groups is 1. The molecule has 3 heterocycles. The lowest BCUT2D eigenvalue weighted by Crippen LogP contribution is -2.57. The number of ether oxygens (including phenoxy) is 2. The number of urea groups is 1. The van der Waals surface area contributed by atoms with Crippen molar-refractivity contribution in [2.45, 2.75) is 30.7 Å². The van der Waals surface area contributed by atoms with E-state index in [9.17, 15) is 23.2 Å². The summed E-state index contributed by atoms with van der Waals surface area (Å²) in [6.07, 6.45) is 6.46. The summed E-state index contributed by atoms with van der Waals surface area (Å²) < 4.78 is 38.5. The Balaban J connectivity index is 1.34. The summed E-state index contributed by atoms with van der Waals surface area (Å²) in [7, 11) is 2.55. The van der Waals surface area contributed by atoms with Crippen molar-refractivity contribution in [2.24, 2.45) is 0 Å². The number of rotatable bonds is 12. The molecule has 12 heteroatoms. The highest BCUT2D eigenvalue weighted by molar-refractivity contribution is 5.95. The van der Waals surface area contributed by atoms with Crippen molar-refractivity contribution >= 4 is 18.4 Å². The molecule has 1 unspecified atom stereocenters. The standard InChI is InChI=1S/C34H37F2N5O5/c1-45-22-29-30(32(43)46-2)31(24-11-12-27(35)28(36)20-24)41(33(44)38-29)40(23-42)17-7-16-39-18-13-34(14-19-39,25-8-4-3-5-9-25)26-10-6-15-37-21-26/h3-6,8-12,15,20-21,23,31H,7,13-14,16-19,22H2,1-2H3,(H,38,44). The molecule has 1 fully saturated rings. The van der Waals surface area contributed by atoms with Crippen molar-refractivity contribution < 1.29 is 32.6 Å². The minimum absolute atomic E-state index is 0.0644. The number of carbonyl (C=O) groups excluding carboxylic acids is 3. The molecule has 0 saturated carbocycles. The molecule has 0 aliphatic carbocycles. The van der Waals surface area contributed by atoms with Gasteiger partial charge >= 0.3 is 12.0 Å². The number of methoxy groups -OCH3 is 2. The summed E-state index contributed by atoms with van der Waals surface area (Å²) in [5.41, 5.74) is 2.37. The number of amides is 3. The van der Waals surface area contributed by atoms with Crippen molar-refractivity contribution in [1.82, 2.24) is 25.2 Å². The van der Waals surface area contributed by atoms with E-state index in [-0.39, 0.29) is 35.4 Å². The Labute approximate surface area is 266 Å². The molecule has 3 aromatic rings. The fraction of sp³-hybridized carbons (Fsp3) is 0.353. The molecule has 0 bridgehead atoms. The minimum atomic E-state index is -1.28. The maximum Gasteiger partial charge on any atom is 0.341 e. The van der Waals surface area contributed by atoms with Gasteiger partial charge in [-0.15, -0.1) is 0 Å². The van der Waals surface area contributed by atoms with Crippen LogP contribution in [0.15, 0.2) is 84.3 Å². The first kappa shape index (κ1) is 32.7. The molecule has 2 aromatic carbocycles. The lowest BCUT2D eigenvalue weighted by Gasteiger charge is -2.44. The van der Waals surface area contributed by atoms with Gasteiger partial charge in [-0.25, -0.2) is 23.4 Å². The van der Waals surface area contributed by atoms with E-state index in [1.807, 2.05) is 18.3 Å². The third-order valence-electron chi connectivity index (χ3n) is 8.77. The number of pyridine rings is 1. The highest BCUT2D eigenvalue weighted by Gasteiger charge is 2.43. The Kier molecular flexibility index (Phi) is 10.4. The van der Waals surface area contributed by atoms with Crippen LogP contribution in [-0.4, -0.2) is 85.3 Å². The van der Waals surface area contributed by atoms with Crippen molar-refractivity contribution in [2.75, 3.05) is 47.0 Å². The Morgan fingerprint density at radius 1 is 1.07 bits per heavy atom. The second-order valence-corrected chi connectivity index (χ2v) is 11.3. The number of benzene rings is 2. The van der Waals surface area contributed by atoms with Gasteiger partial charge in [-0.3, -0.25) is 14.8 Å². The topological polar surface area (TPSA) is 104 Å². The quantitative estimate of drug-likeness (QED) is 0.234. The molecule has 46 heavy (non-hydrogen) atoms. The van der Waals surface area contributed by atoms with Gasteiger partial charge in [-0.1, -0.05) is 42.5 Å². The molecule has 5 rings (SSSR count). The van der Waals surface area contributed by atoms with Crippen LogP contribution in [0.1, 0.15) is 42.0 Å². The van der Waals surface area contributed by atoms with E-state index in [1.165, 1.54) is 31.4 Å². The van der Waals surface area contributed by atoms with Crippen molar-refractivity contribution in [3.63, 3.8) is 0 Å². The van der Waals surface area contributed by atoms with E-state index >= 15 is 0 Å². The molecule has 1 aromatic heterocycles. The maximum atomic E-state index is 14.4. The first-order chi connectivity index (χ1) is 22.3. The molecule has 2 aliphatic heterocycles. The van der Waals surface area contributed by atoms with E-state index in [4.69, 9.17) is 9.47 Å². The van der Waals surface area contributed by atoms with Crippen LogP contribution >= 0.6 is 0 Å². The minimum Gasteiger partial charge on any atom is -0.466 e. The summed E-state index contributed by atoms with van der Waals surface area (Å²) in [5.74, 6) is -3.08. The lowest BCUT2D eigenvalue weighted by molar-refractivity contribution is -0.141. The number of hydrogen-bond acceptors (Lipinski definition) is 7. The van der Waals surface area contributed by atoms with Crippen LogP contribution in [0.2, 0.25) is 0 Å². The Hall–Kier alpha value is -4.68. The number of hydrogen-bond donors (Lipinski definition) is 1. The normalized spacial score (nSPS) is 18.2. The number of carbonyl (C=O) groups is 3. The Morgan fingerprint density at radius 2 is 1.80 bits per heavy atom. The van der Waals surface area contributed by atoms with Crippen LogP contribution in [-0.2, 0) is 24.5 Å². The van der Waals surface area contributed by atoms with Gasteiger partial charge in [-0.2, -0.15) is 0 Å². The van der Waals surface area contributed by atoms with Gasteiger partial charge in [0, 0.05) is 31.5 Å². The van der Waals surface area contributed by atoms with Gasteiger partial charge in [0.2, 0.25) is 6.41 Å². The van der Waals surface area contributed by atoms with Crippen LogP contribution < -0.4 is 5.32 Å². The van der Waals surface area contributed by atoms with E-state index < -0.39 is 29.7 Å². The van der Waals surface area contributed by atoms with Gasteiger partial charge in [0.05, 0.1) is 25.0 Å². The second kappa shape index (κ2) is 14.6. The third-order valence-corrected chi connectivity index (χ3v) is 8.77. The highest BCUT2D eigenvalue weighted by Crippen LogP contribution is 2.41. The predicted molar refractivity (Wildman–Crippen MR) is 165 cm³/mol. The van der Waals surface area contributed by atoms with E-state index in [2.05, 4.69) is 45.5 Å². The molecular weight excluding hydrogens is 596 g/mol. The van der Waals surface area contributed by atoms with Crippen LogP contribution in [0.25, 0.3) is 0 Å². The highest BCUT2D eigenvalue weighted by atomic mass is 19.2. The Bertz CT molecular complexity index is 1520. The number of piperidine rings is 1. The summed E-state index contributed by atoms with van der Waals surface area (Å²) in [5, 5.41) is 4.81. The molecule has 3 amide bonds. The van der Waals surface area contributed by atoms with Crippen molar-refractivity contribution in [3.8, 4) is 0 Å². The number of aromatic nitrogens is 1. The number of nitrogens with zero attached hydrogens (tertiary/aromatic N) is 4. The third kappa shape index (κ3) is 6.63. The van der Waals surface area contributed by atoms with E-state index in [0.717, 1.165) is 48.1 Å². The number of likely N-dealkylation sites (tertiary alicyclic amines) is 1. The number of halogens is 2. The number of nitrogens with one attached hydrogen (secondary N) is 1. The molecule has 10 nitrogen and oxygen atoms in total. The molecule has 0 spiro atoms. The summed E-state index contributed by atoms with van der Waals surface area (Å²) in [6.45, 7) is 2.21. The SMILES string of the molecule is COCC1=C(C(=O)OC)C(c2ccc(F)c(F)c2)N(N(C=O)CCCN2CCC(c3ccccc3)(c3cccnc3)CC2)C(=O)N1. The average molecular weight is 634 g/mol. The molecule has 1 saturated heterocycles. The second-order valence-electron chi connectivity index (χ2n) is 11.3. The van der Waals surface area contributed by atoms with Crippen LogP contribution in [0, 0.1) is 11.6 Å². The zero-order valence-electron chi connectivity index (χ0n) is 25.8. The maximum absolute atomic E-state index is 14.4. The van der Waals surface area contributed by atoms with Gasteiger partial charge in [-0.05, 0) is 73.8 Å². The monoisotopic (exact) mass is 633 g/mol. The van der Waals surface area contributed by atoms with Crippen LogP contribution in [0.5, 0.6) is 0 Å². The van der Waals surface area contributed by atoms with Crippen molar-refractivity contribution in [1.29, 1.82) is 0 Å². The van der Waals surface area contributed by atoms with Crippen LogP contribution in [0.3, 0.4) is 0 Å². The fourth-order valence-corrected chi connectivity index (χ4v) is 6.49. The summed E-state index contributed by atoms with van der Waals surface area (Å²) in [4.78, 5) is 45.7. The van der Waals surface area contributed by atoms with Gasteiger partial charge < -0.3 is 19.7 Å². The molecular formula is C34H37F2N5O5. The van der Waals surface area contributed by atoms with E-state index in [1.54, 1.807) is 6.20 Å². The van der Waals surface area contributed by atoms with Crippen LogP contribution in [0.4, 0.5) is 13.6 Å². The fourth-order valence-electron chi connectivity index (χ4n) is 6.49. The molecule has 0 radical (unpaired) electrons. The van der Waals surface area contributed by atoms with E-state index in [0.29, 0.717) is 19.4 Å². The smallest absolute Gasteiger partial charge is 0.341 e. The molecule has 1 atom stereocenters. The average Bonchev–Trinajstić information content (AvgIpc) is 3.09. The van der Waals surface area contributed by atoms with Gasteiger partial charge in [0.1, 0.15) is 6.04 Å². The molecule has 1 N–H and O–H groups in total. The largest absolute Gasteiger partial charge is 0.466 e. The zero-order valence-corrected chi connectivity index (χ0v) is 25.8. The Morgan fingerprint density at radius 3 is 2.43 bits per heavy atom.